The highest BCUT2D eigenvalue weighted by Gasteiger charge is 2.30. The number of nitrogens with zero attached hydrogens (tertiary/aromatic N) is 1. The normalized spacial score (nSPS) is 16.7. The summed E-state index contributed by atoms with van der Waals surface area (Å²) in [5.74, 6) is -1.72. The third-order valence-corrected chi connectivity index (χ3v) is 2.30. The Labute approximate surface area is 90.3 Å². The van der Waals surface area contributed by atoms with Gasteiger partial charge in [0, 0.05) is 15.7 Å². The molecule has 1 heterocycles. The van der Waals surface area contributed by atoms with Gasteiger partial charge in [-0.25, -0.2) is 4.39 Å². The molecular weight excluding hydrogens is 220 g/mol. The predicted molar refractivity (Wildman–Crippen MR) is 50.2 cm³/mol. The van der Waals surface area contributed by atoms with E-state index in [1.807, 2.05) is 0 Å². The van der Waals surface area contributed by atoms with Crippen LogP contribution in [0.4, 0.5) is 14.5 Å². The fraction of sp³-hybridized carbons (Fsp3) is 0.400. The first kappa shape index (κ1) is 11.1. The van der Waals surface area contributed by atoms with Gasteiger partial charge in [-0.1, -0.05) is 0 Å². The number of ether oxygens (including phenoxy) is 2. The van der Waals surface area contributed by atoms with Gasteiger partial charge in [-0.15, -0.1) is 0 Å². The van der Waals surface area contributed by atoms with Crippen LogP contribution in [0, 0.1) is 16.5 Å². The summed E-state index contributed by atoms with van der Waals surface area (Å²) in [6.07, 6.45) is -1.07. The summed E-state index contributed by atoms with van der Waals surface area (Å²) in [6, 6.07) is 2.10. The van der Waals surface area contributed by atoms with Crippen molar-refractivity contribution >= 4 is 5.69 Å². The molecule has 1 aliphatic heterocycles. The molecule has 0 aliphatic carbocycles. The van der Waals surface area contributed by atoms with Crippen molar-refractivity contribution in [3.8, 4) is 0 Å². The number of hydrogen-bond donors (Lipinski definition) is 0. The maximum absolute atomic E-state index is 13.8. The fourth-order valence-electron chi connectivity index (χ4n) is 1.54. The molecule has 16 heavy (non-hydrogen) atoms. The van der Waals surface area contributed by atoms with E-state index < -0.39 is 17.9 Å². The molecule has 6 heteroatoms. The zero-order chi connectivity index (χ0) is 11.7. The van der Waals surface area contributed by atoms with Gasteiger partial charge in [0.15, 0.2) is 13.3 Å². The molecule has 86 valence electrons. The number of rotatable bonds is 2. The van der Waals surface area contributed by atoms with Crippen molar-refractivity contribution in [1.82, 2.24) is 0 Å². The van der Waals surface area contributed by atoms with Gasteiger partial charge in [0.05, 0.1) is 18.8 Å². The van der Waals surface area contributed by atoms with Crippen molar-refractivity contribution in [3.63, 3.8) is 0 Å². The predicted octanol–water partition coefficient (Wildman–Crippen LogP) is 2.05. The second-order valence-electron chi connectivity index (χ2n) is 3.37. The van der Waals surface area contributed by atoms with Gasteiger partial charge in [-0.2, -0.15) is 4.39 Å². The van der Waals surface area contributed by atoms with Crippen molar-refractivity contribution in [2.45, 2.75) is 6.29 Å². The first-order valence-corrected chi connectivity index (χ1v) is 4.73. The fourth-order valence-corrected chi connectivity index (χ4v) is 1.54. The van der Waals surface area contributed by atoms with Crippen LogP contribution in [-0.2, 0) is 9.47 Å². The van der Waals surface area contributed by atoms with Gasteiger partial charge in [0.25, 0.3) is 5.69 Å². The summed E-state index contributed by atoms with van der Waals surface area (Å²) in [6.45, 7) is 0.558. The van der Waals surface area contributed by atoms with Crippen molar-refractivity contribution in [1.29, 1.82) is 0 Å². The van der Waals surface area contributed by atoms with Gasteiger partial charge in [0.1, 0.15) is 5.82 Å². The smallest absolute Gasteiger partial charge is 0.291 e. The quantitative estimate of drug-likeness (QED) is 0.730. The molecule has 0 bridgehead atoms. The van der Waals surface area contributed by atoms with Crippen LogP contribution in [-0.4, -0.2) is 25.0 Å². The van der Waals surface area contributed by atoms with Gasteiger partial charge >= 0.3 is 0 Å². The average Bonchev–Trinajstić information content (AvgIpc) is 2.70. The molecule has 0 saturated carbocycles. The zero-order valence-electron chi connectivity index (χ0n) is 8.57. The SMILES string of the molecule is C[N+](=O)c1ccc(F)c(C2OCCO2)c1F. The van der Waals surface area contributed by atoms with Crippen LogP contribution in [0.15, 0.2) is 12.1 Å². The summed E-state index contributed by atoms with van der Waals surface area (Å²) in [5, 5.41) is 0. The Morgan fingerprint density at radius 2 is 1.94 bits per heavy atom. The van der Waals surface area contributed by atoms with Crippen LogP contribution in [0.3, 0.4) is 0 Å². The molecule has 2 rings (SSSR count). The maximum atomic E-state index is 13.8. The standard InChI is InChI=1S/C10H10F2NO3/c1-13(14)7-3-2-6(11)8(9(7)12)10-15-4-5-16-10/h2-3,10H,4-5H2,1H3/q+1. The van der Waals surface area contributed by atoms with Crippen molar-refractivity contribution in [2.75, 3.05) is 20.3 Å². The van der Waals surface area contributed by atoms with Crippen LogP contribution >= 0.6 is 0 Å². The third kappa shape index (κ3) is 1.81. The summed E-state index contributed by atoms with van der Waals surface area (Å²) in [4.78, 5) is 11.0. The molecule has 0 amide bonds. The van der Waals surface area contributed by atoms with Crippen molar-refractivity contribution in [2.24, 2.45) is 0 Å². The van der Waals surface area contributed by atoms with Crippen molar-refractivity contribution < 1.29 is 23.0 Å². The zero-order valence-corrected chi connectivity index (χ0v) is 8.57. The van der Waals surface area contributed by atoms with E-state index in [4.69, 9.17) is 9.47 Å². The van der Waals surface area contributed by atoms with Crippen molar-refractivity contribution in [3.05, 3.63) is 34.2 Å². The number of halogens is 2. The minimum Gasteiger partial charge on any atom is -0.346 e. The van der Waals surface area contributed by atoms with Crippen LogP contribution in [0.5, 0.6) is 0 Å². The lowest BCUT2D eigenvalue weighted by Gasteiger charge is -2.10. The second kappa shape index (κ2) is 4.23. The Bertz CT molecular complexity index is 430. The van der Waals surface area contributed by atoms with E-state index in [9.17, 15) is 13.7 Å². The Morgan fingerprint density at radius 1 is 1.31 bits per heavy atom. The van der Waals surface area contributed by atoms with Gasteiger partial charge in [-0.05, 0) is 6.07 Å². The second-order valence-corrected chi connectivity index (χ2v) is 3.37. The Kier molecular flexibility index (Phi) is 2.93. The Hall–Kier alpha value is -1.40. The molecule has 0 atom stereocenters. The number of hydrogen-bond acceptors (Lipinski definition) is 3. The van der Waals surface area contributed by atoms with E-state index in [1.54, 1.807) is 0 Å². The monoisotopic (exact) mass is 230 g/mol. The van der Waals surface area contributed by atoms with E-state index >= 15 is 0 Å². The molecule has 1 aromatic carbocycles. The molecule has 1 saturated heterocycles. The highest BCUT2D eigenvalue weighted by molar-refractivity contribution is 5.38. The Morgan fingerprint density at radius 3 is 2.50 bits per heavy atom. The molecule has 1 aromatic rings. The van der Waals surface area contributed by atoms with Crippen LogP contribution in [0.25, 0.3) is 0 Å². The lowest BCUT2D eigenvalue weighted by molar-refractivity contribution is -0.430. The molecule has 0 spiro atoms. The minimum atomic E-state index is -1.07. The highest BCUT2D eigenvalue weighted by atomic mass is 19.1. The van der Waals surface area contributed by atoms with E-state index in [0.717, 1.165) is 19.2 Å². The van der Waals surface area contributed by atoms with E-state index in [-0.39, 0.29) is 24.5 Å². The summed E-state index contributed by atoms with van der Waals surface area (Å²) in [7, 11) is 1.14. The van der Waals surface area contributed by atoms with Gasteiger partial charge < -0.3 is 9.47 Å². The highest BCUT2D eigenvalue weighted by Crippen LogP contribution is 2.32. The lowest BCUT2D eigenvalue weighted by atomic mass is 10.1. The van der Waals surface area contributed by atoms with E-state index in [2.05, 4.69) is 0 Å². The average molecular weight is 230 g/mol. The molecular formula is C10H10F2NO3+. The molecule has 0 unspecified atom stereocenters. The van der Waals surface area contributed by atoms with Crippen LogP contribution < -0.4 is 0 Å². The minimum absolute atomic E-state index is 0.240. The number of benzene rings is 1. The largest absolute Gasteiger partial charge is 0.346 e. The number of nitroso groups, excluding NO2 is 1. The Balaban J connectivity index is 2.49. The molecule has 1 fully saturated rings. The third-order valence-electron chi connectivity index (χ3n) is 2.30. The van der Waals surface area contributed by atoms with Crippen LogP contribution in [0.1, 0.15) is 11.9 Å². The topological polar surface area (TPSA) is 38.5 Å². The molecule has 1 aliphatic rings. The lowest BCUT2D eigenvalue weighted by Crippen LogP contribution is -2.07. The van der Waals surface area contributed by atoms with Gasteiger partial charge in [-0.3, -0.25) is 0 Å². The van der Waals surface area contributed by atoms with Gasteiger partial charge in [0.2, 0.25) is 5.82 Å². The van der Waals surface area contributed by atoms with Crippen LogP contribution in [0.2, 0.25) is 0 Å². The maximum Gasteiger partial charge on any atom is 0.291 e. The summed E-state index contributed by atoms with van der Waals surface area (Å²) >= 11 is 0. The van der Waals surface area contributed by atoms with E-state index in [1.165, 1.54) is 0 Å². The molecule has 4 nitrogen and oxygen atoms in total. The van der Waals surface area contributed by atoms with E-state index in [0.29, 0.717) is 4.76 Å². The summed E-state index contributed by atoms with van der Waals surface area (Å²) in [5.41, 5.74) is -0.590. The first-order chi connectivity index (χ1) is 7.61. The molecule has 0 aromatic heterocycles. The first-order valence-electron chi connectivity index (χ1n) is 4.73. The molecule has 0 radical (unpaired) electrons. The molecule has 0 N–H and O–H groups in total. The summed E-state index contributed by atoms with van der Waals surface area (Å²) < 4.78 is 37.6.